The molecule has 0 fully saturated rings. The smallest absolute Gasteiger partial charge is 0.130 e. The molecule has 5 aromatic carbocycles. The Morgan fingerprint density at radius 2 is 0.776 bits per heavy atom. The first kappa shape index (κ1) is 34.4. The van der Waals surface area contributed by atoms with Crippen LogP contribution in [-0.4, -0.2) is 40.6 Å². The van der Waals surface area contributed by atoms with Gasteiger partial charge >= 0.3 is 0 Å². The topological polar surface area (TPSA) is 64.6 Å². The molecule has 49 heavy (non-hydrogen) atoms. The lowest BCUT2D eigenvalue weighted by atomic mass is 9.97. The molecule has 1 aliphatic heterocycles. The summed E-state index contributed by atoms with van der Waals surface area (Å²) in [5, 5.41) is 0. The van der Waals surface area contributed by atoms with E-state index >= 15 is 0 Å². The molecule has 1 heterocycles. The molecule has 254 valence electrons. The average Bonchev–Trinajstić information content (AvgIpc) is 3.16. The molecule has 2 bridgehead atoms. The molecular formula is C42H44O7. The van der Waals surface area contributed by atoms with E-state index in [2.05, 4.69) is 48.5 Å². The number of fused-ring (bicyclic) bond motifs is 2. The summed E-state index contributed by atoms with van der Waals surface area (Å²) in [6.45, 7) is 2.03. The van der Waals surface area contributed by atoms with Crippen molar-refractivity contribution in [3.8, 4) is 11.5 Å². The van der Waals surface area contributed by atoms with Gasteiger partial charge in [-0.1, -0.05) is 121 Å². The van der Waals surface area contributed by atoms with Crippen LogP contribution < -0.4 is 9.47 Å². The van der Waals surface area contributed by atoms with Gasteiger partial charge in [0.25, 0.3) is 0 Å². The van der Waals surface area contributed by atoms with Crippen molar-refractivity contribution in [2.45, 2.75) is 37.6 Å². The minimum Gasteiger partial charge on any atom is -0.497 e. The molecule has 0 unspecified atom stereocenters. The van der Waals surface area contributed by atoms with Crippen LogP contribution in [0.4, 0.5) is 0 Å². The second-order valence-corrected chi connectivity index (χ2v) is 11.8. The lowest BCUT2D eigenvalue weighted by Gasteiger charge is -2.30. The Balaban J connectivity index is 1.39. The van der Waals surface area contributed by atoms with Gasteiger partial charge in [-0.15, -0.1) is 0 Å². The van der Waals surface area contributed by atoms with E-state index in [0.717, 1.165) is 33.4 Å². The first-order chi connectivity index (χ1) is 24.2. The lowest BCUT2D eigenvalue weighted by molar-refractivity contribution is -0.109. The maximum atomic E-state index is 6.82. The highest BCUT2D eigenvalue weighted by Gasteiger charge is 2.30. The summed E-state index contributed by atoms with van der Waals surface area (Å²) in [5.74, 6) is 1.37. The molecule has 0 saturated heterocycles. The van der Waals surface area contributed by atoms with E-state index in [1.165, 1.54) is 0 Å². The van der Waals surface area contributed by atoms with E-state index in [1.54, 1.807) is 14.2 Å². The van der Waals surface area contributed by atoms with E-state index in [0.29, 0.717) is 37.9 Å². The standard InChI is InChI=1S/C42H44O7/c1-43-37-27-35-29-48-41(33-19-11-5-12-20-33)39(31-15-7-3-8-16-31)46-25-23-45-24-26-47-40(32-17-9-4-10-18-32)42(34-21-13-6-14-22-34)49-30-36(28-37)38(35)44-2/h3-22,27-28,39-42H,23-26,29-30H2,1-2H3/t39-,40-,41-,42-/m1/s1. The van der Waals surface area contributed by atoms with Gasteiger partial charge < -0.3 is 33.2 Å². The zero-order chi connectivity index (χ0) is 33.7. The number of hydrogen-bond donors (Lipinski definition) is 0. The van der Waals surface area contributed by atoms with Crippen LogP contribution in [0.2, 0.25) is 0 Å². The van der Waals surface area contributed by atoms with Gasteiger partial charge in [0.15, 0.2) is 0 Å². The first-order valence-corrected chi connectivity index (χ1v) is 16.7. The summed E-state index contributed by atoms with van der Waals surface area (Å²) >= 11 is 0. The number of benzene rings is 5. The maximum absolute atomic E-state index is 6.82. The molecule has 7 nitrogen and oxygen atoms in total. The van der Waals surface area contributed by atoms with E-state index < -0.39 is 24.4 Å². The van der Waals surface area contributed by atoms with Crippen molar-refractivity contribution < 1.29 is 33.2 Å². The molecule has 4 atom stereocenters. The third-order valence-electron chi connectivity index (χ3n) is 8.61. The minimum atomic E-state index is -0.421. The normalized spacial score (nSPS) is 21.2. The fourth-order valence-electron chi connectivity index (χ4n) is 6.25. The average molecular weight is 661 g/mol. The van der Waals surface area contributed by atoms with Gasteiger partial charge in [-0.2, -0.15) is 0 Å². The van der Waals surface area contributed by atoms with Crippen LogP contribution in [0.15, 0.2) is 133 Å². The van der Waals surface area contributed by atoms with Crippen LogP contribution in [0, 0.1) is 0 Å². The fraction of sp³-hybridized carbons (Fsp3) is 0.286. The Morgan fingerprint density at radius 1 is 0.429 bits per heavy atom. The van der Waals surface area contributed by atoms with Crippen LogP contribution >= 0.6 is 0 Å². The van der Waals surface area contributed by atoms with Crippen LogP contribution in [0.5, 0.6) is 11.5 Å². The van der Waals surface area contributed by atoms with Gasteiger partial charge in [-0.3, -0.25) is 0 Å². The van der Waals surface area contributed by atoms with Gasteiger partial charge in [-0.05, 0) is 34.4 Å². The summed E-state index contributed by atoms with van der Waals surface area (Å²) in [6, 6.07) is 44.6. The largest absolute Gasteiger partial charge is 0.497 e. The highest BCUT2D eigenvalue weighted by molar-refractivity contribution is 5.47. The minimum absolute atomic E-state index is 0.244. The molecule has 7 heteroatoms. The highest BCUT2D eigenvalue weighted by atomic mass is 16.6. The van der Waals surface area contributed by atoms with Gasteiger partial charge in [0, 0.05) is 11.1 Å². The zero-order valence-electron chi connectivity index (χ0n) is 28.1. The first-order valence-electron chi connectivity index (χ1n) is 16.7. The zero-order valence-corrected chi connectivity index (χ0v) is 28.1. The van der Waals surface area contributed by atoms with E-state index in [1.807, 2.05) is 84.9 Å². The molecule has 0 aromatic heterocycles. The number of ether oxygens (including phenoxy) is 7. The van der Waals surface area contributed by atoms with Crippen molar-refractivity contribution in [1.82, 2.24) is 0 Å². The fourth-order valence-corrected chi connectivity index (χ4v) is 6.25. The lowest BCUT2D eigenvalue weighted by Crippen LogP contribution is -2.22. The van der Waals surface area contributed by atoms with Crippen LogP contribution in [0.1, 0.15) is 57.8 Å². The van der Waals surface area contributed by atoms with Crippen molar-refractivity contribution in [3.63, 3.8) is 0 Å². The number of methoxy groups -OCH3 is 2. The van der Waals surface area contributed by atoms with Gasteiger partial charge in [0.1, 0.15) is 35.9 Å². The van der Waals surface area contributed by atoms with Gasteiger partial charge in [0.05, 0.1) is 53.9 Å². The predicted molar refractivity (Wildman–Crippen MR) is 189 cm³/mol. The second kappa shape index (κ2) is 17.8. The Bertz CT molecular complexity index is 1560. The molecule has 0 radical (unpaired) electrons. The van der Waals surface area contributed by atoms with Gasteiger partial charge in [-0.25, -0.2) is 0 Å². The van der Waals surface area contributed by atoms with Crippen molar-refractivity contribution in [2.24, 2.45) is 0 Å². The van der Waals surface area contributed by atoms with Crippen molar-refractivity contribution in [2.75, 3.05) is 40.6 Å². The Morgan fingerprint density at radius 3 is 1.10 bits per heavy atom. The summed E-state index contributed by atoms with van der Waals surface area (Å²) in [7, 11) is 3.34. The van der Waals surface area contributed by atoms with E-state index in [-0.39, 0.29) is 13.2 Å². The Kier molecular flexibility index (Phi) is 12.5. The quantitative estimate of drug-likeness (QED) is 0.180. The summed E-state index contributed by atoms with van der Waals surface area (Å²) in [5.41, 5.74) is 5.71. The Labute approximate surface area is 289 Å². The highest BCUT2D eigenvalue weighted by Crippen LogP contribution is 2.40. The Hall–Kier alpha value is -4.50. The SMILES string of the molecule is COc1cc2c(OC)c(c1)CO[C@H](c1ccccc1)[C@@H](c1ccccc1)OCCOCCO[C@H](c1ccccc1)[C@@H](c1ccccc1)OC2. The van der Waals surface area contributed by atoms with Crippen molar-refractivity contribution >= 4 is 0 Å². The number of rotatable bonds is 6. The molecule has 0 N–H and O–H groups in total. The molecule has 0 saturated carbocycles. The molecule has 5 aromatic rings. The molecule has 1 aliphatic rings. The summed E-state index contributed by atoms with van der Waals surface area (Å²) in [4.78, 5) is 0. The van der Waals surface area contributed by atoms with Crippen molar-refractivity contribution in [3.05, 3.63) is 167 Å². The van der Waals surface area contributed by atoms with Crippen LogP contribution in [0.25, 0.3) is 0 Å². The van der Waals surface area contributed by atoms with Crippen molar-refractivity contribution in [1.29, 1.82) is 0 Å². The van der Waals surface area contributed by atoms with E-state index in [4.69, 9.17) is 33.2 Å². The third kappa shape index (κ3) is 8.95. The molecule has 0 spiro atoms. The van der Waals surface area contributed by atoms with E-state index in [9.17, 15) is 0 Å². The second-order valence-electron chi connectivity index (χ2n) is 11.8. The van der Waals surface area contributed by atoms with Crippen LogP contribution in [0.3, 0.4) is 0 Å². The molecule has 0 amide bonds. The summed E-state index contributed by atoms with van der Waals surface area (Å²) < 4.78 is 44.7. The maximum Gasteiger partial charge on any atom is 0.130 e. The monoisotopic (exact) mass is 660 g/mol. The molecular weight excluding hydrogens is 616 g/mol. The van der Waals surface area contributed by atoms with Crippen LogP contribution in [-0.2, 0) is 36.9 Å². The van der Waals surface area contributed by atoms with Gasteiger partial charge in [0.2, 0.25) is 0 Å². The third-order valence-corrected chi connectivity index (χ3v) is 8.61. The summed E-state index contributed by atoms with van der Waals surface area (Å²) in [6.07, 6.45) is -1.63. The predicted octanol–water partition coefficient (Wildman–Crippen LogP) is 8.77. The molecule has 6 rings (SSSR count). The molecule has 0 aliphatic carbocycles. The number of hydrogen-bond acceptors (Lipinski definition) is 7.